The van der Waals surface area contributed by atoms with E-state index in [0.717, 1.165) is 35.5 Å². The van der Waals surface area contributed by atoms with Gasteiger partial charge in [0.15, 0.2) is 0 Å². The van der Waals surface area contributed by atoms with Gasteiger partial charge in [0.2, 0.25) is 0 Å². The molecule has 1 nitrogen and oxygen atoms in total. The highest BCUT2D eigenvalue weighted by molar-refractivity contribution is 5.54. The second-order valence-electron chi connectivity index (χ2n) is 7.91. The number of fused-ring (bicyclic) bond motifs is 5. The zero-order valence-corrected chi connectivity index (χ0v) is 12.1. The smallest absolute Gasteiger partial charge is 0.123 e. The van der Waals surface area contributed by atoms with Crippen LogP contribution in [0.15, 0.2) is 0 Å². The molecule has 4 aliphatic carbocycles. The molecule has 0 amide bonds. The molecule has 0 aromatic carbocycles. The molecule has 0 saturated heterocycles. The van der Waals surface area contributed by atoms with E-state index < -0.39 is 0 Å². The van der Waals surface area contributed by atoms with Crippen LogP contribution in [0, 0.1) is 41.4 Å². The largest absolute Gasteiger partial charge is 0.303 e. The molecule has 7 atom stereocenters. The molecule has 0 aliphatic heterocycles. The van der Waals surface area contributed by atoms with Crippen LogP contribution in [0.2, 0.25) is 0 Å². The highest BCUT2D eigenvalue weighted by Gasteiger charge is 2.50. The van der Waals surface area contributed by atoms with E-state index in [2.05, 4.69) is 0 Å². The van der Waals surface area contributed by atoms with Gasteiger partial charge in [0.25, 0.3) is 0 Å². The van der Waals surface area contributed by atoms with Gasteiger partial charge in [0.1, 0.15) is 6.29 Å². The van der Waals surface area contributed by atoms with Crippen molar-refractivity contribution in [2.24, 2.45) is 41.4 Å². The maximum atomic E-state index is 11.5. The minimum absolute atomic E-state index is 0.421. The summed E-state index contributed by atoms with van der Waals surface area (Å²) in [6.07, 6.45) is 15.7. The van der Waals surface area contributed by atoms with Crippen LogP contribution < -0.4 is 0 Å². The fourth-order valence-corrected chi connectivity index (χ4v) is 6.75. The molecule has 1 heteroatoms. The maximum absolute atomic E-state index is 11.5. The van der Waals surface area contributed by atoms with Crippen molar-refractivity contribution in [3.05, 3.63) is 0 Å². The first-order valence-electron chi connectivity index (χ1n) is 8.84. The van der Waals surface area contributed by atoms with Crippen molar-refractivity contribution in [2.45, 2.75) is 64.2 Å². The summed E-state index contributed by atoms with van der Waals surface area (Å²) in [4.78, 5) is 11.5. The van der Waals surface area contributed by atoms with Crippen LogP contribution in [0.5, 0.6) is 0 Å². The molecule has 4 saturated carbocycles. The zero-order valence-electron chi connectivity index (χ0n) is 12.1. The van der Waals surface area contributed by atoms with Crippen molar-refractivity contribution in [3.8, 4) is 0 Å². The third-order valence-corrected chi connectivity index (χ3v) is 7.38. The van der Waals surface area contributed by atoms with Gasteiger partial charge in [-0.25, -0.2) is 0 Å². The van der Waals surface area contributed by atoms with E-state index in [9.17, 15) is 4.79 Å². The fraction of sp³-hybridized carbons (Fsp3) is 0.944. The van der Waals surface area contributed by atoms with Crippen LogP contribution in [0.3, 0.4) is 0 Å². The number of hydrogen-bond acceptors (Lipinski definition) is 1. The van der Waals surface area contributed by atoms with Gasteiger partial charge in [-0.1, -0.05) is 25.7 Å². The average molecular weight is 260 g/mol. The molecule has 4 aliphatic rings. The van der Waals surface area contributed by atoms with E-state index in [1.807, 2.05) is 0 Å². The lowest BCUT2D eigenvalue weighted by Gasteiger charge is -2.53. The Hall–Kier alpha value is -0.330. The number of rotatable bonds is 1. The van der Waals surface area contributed by atoms with E-state index in [0.29, 0.717) is 5.92 Å². The van der Waals surface area contributed by atoms with Crippen molar-refractivity contribution in [2.75, 3.05) is 0 Å². The summed E-state index contributed by atoms with van der Waals surface area (Å²) in [5.41, 5.74) is 0. The van der Waals surface area contributed by atoms with Gasteiger partial charge in [-0.3, -0.25) is 0 Å². The van der Waals surface area contributed by atoms with E-state index >= 15 is 0 Å². The standard InChI is InChI=1S/C18H28O/c19-11-14-5-1-4-13-8-9-16-15-6-2-3-12(15)7-10-17(16)18(13)14/h11-18H,1-10H2/t12-,13+,14?,15+,16-,17-,18+/m0/s1. The Morgan fingerprint density at radius 3 is 2.26 bits per heavy atom. The lowest BCUT2D eigenvalue weighted by Crippen LogP contribution is -2.46. The molecule has 0 aromatic heterocycles. The SMILES string of the molecule is O=CC1CCC[C@@H]2CC[C@H]3[C@@H]4CCC[C@H]4CC[C@@H]3[C@@H]12. The van der Waals surface area contributed by atoms with E-state index in [1.165, 1.54) is 70.5 Å². The van der Waals surface area contributed by atoms with Crippen LogP contribution in [0.1, 0.15) is 64.2 Å². The summed E-state index contributed by atoms with van der Waals surface area (Å²) < 4.78 is 0. The van der Waals surface area contributed by atoms with Gasteiger partial charge in [-0.05, 0) is 74.0 Å². The molecular weight excluding hydrogens is 232 g/mol. The van der Waals surface area contributed by atoms with Crippen molar-refractivity contribution >= 4 is 6.29 Å². The molecular formula is C18H28O. The fourth-order valence-electron chi connectivity index (χ4n) is 6.75. The van der Waals surface area contributed by atoms with E-state index in [4.69, 9.17) is 0 Å². The van der Waals surface area contributed by atoms with Crippen LogP contribution in [-0.2, 0) is 4.79 Å². The summed E-state index contributed by atoms with van der Waals surface area (Å²) in [5.74, 6) is 6.15. The average Bonchev–Trinajstić information content (AvgIpc) is 2.94. The molecule has 0 spiro atoms. The first-order chi connectivity index (χ1) is 9.38. The van der Waals surface area contributed by atoms with Crippen LogP contribution in [0.4, 0.5) is 0 Å². The Kier molecular flexibility index (Phi) is 3.20. The number of carbonyl (C=O) groups is 1. The van der Waals surface area contributed by atoms with Gasteiger partial charge in [-0.15, -0.1) is 0 Å². The van der Waals surface area contributed by atoms with Crippen LogP contribution >= 0.6 is 0 Å². The summed E-state index contributed by atoms with van der Waals surface area (Å²) in [5, 5.41) is 0. The number of carbonyl (C=O) groups excluding carboxylic acids is 1. The van der Waals surface area contributed by atoms with Gasteiger partial charge < -0.3 is 4.79 Å². The minimum atomic E-state index is 0.421. The zero-order chi connectivity index (χ0) is 12.8. The molecule has 0 radical (unpaired) electrons. The summed E-state index contributed by atoms with van der Waals surface area (Å²) in [6.45, 7) is 0. The van der Waals surface area contributed by atoms with Gasteiger partial charge >= 0.3 is 0 Å². The highest BCUT2D eigenvalue weighted by atomic mass is 16.1. The molecule has 1 unspecified atom stereocenters. The third-order valence-electron chi connectivity index (χ3n) is 7.38. The van der Waals surface area contributed by atoms with E-state index in [-0.39, 0.29) is 0 Å². The lowest BCUT2D eigenvalue weighted by molar-refractivity contribution is -0.120. The Balaban J connectivity index is 1.60. The highest BCUT2D eigenvalue weighted by Crippen LogP contribution is 2.58. The molecule has 0 bridgehead atoms. The number of hydrogen-bond donors (Lipinski definition) is 0. The molecule has 0 aromatic rings. The predicted molar refractivity (Wildman–Crippen MR) is 76.7 cm³/mol. The molecule has 19 heavy (non-hydrogen) atoms. The van der Waals surface area contributed by atoms with Gasteiger partial charge in [0.05, 0.1) is 0 Å². The molecule has 106 valence electrons. The summed E-state index contributed by atoms with van der Waals surface area (Å²) in [7, 11) is 0. The second-order valence-corrected chi connectivity index (χ2v) is 7.91. The molecule has 4 rings (SSSR count). The monoisotopic (exact) mass is 260 g/mol. The van der Waals surface area contributed by atoms with Crippen LogP contribution in [-0.4, -0.2) is 6.29 Å². The van der Waals surface area contributed by atoms with E-state index in [1.54, 1.807) is 0 Å². The summed E-state index contributed by atoms with van der Waals surface area (Å²) in [6, 6.07) is 0. The normalized spacial score (nSPS) is 52.9. The first kappa shape index (κ1) is 12.4. The van der Waals surface area contributed by atoms with Crippen molar-refractivity contribution < 1.29 is 4.79 Å². The van der Waals surface area contributed by atoms with Crippen molar-refractivity contribution in [1.29, 1.82) is 0 Å². The number of aldehydes is 1. The van der Waals surface area contributed by atoms with Gasteiger partial charge in [-0.2, -0.15) is 0 Å². The summed E-state index contributed by atoms with van der Waals surface area (Å²) >= 11 is 0. The second kappa shape index (κ2) is 4.90. The maximum Gasteiger partial charge on any atom is 0.123 e. The topological polar surface area (TPSA) is 17.1 Å². The predicted octanol–water partition coefficient (Wildman–Crippen LogP) is 4.45. The molecule has 0 heterocycles. The lowest BCUT2D eigenvalue weighted by atomic mass is 9.52. The van der Waals surface area contributed by atoms with Crippen LogP contribution in [0.25, 0.3) is 0 Å². The minimum Gasteiger partial charge on any atom is -0.303 e. The van der Waals surface area contributed by atoms with Crippen molar-refractivity contribution in [1.82, 2.24) is 0 Å². The molecule has 4 fully saturated rings. The Morgan fingerprint density at radius 1 is 0.632 bits per heavy atom. The Bertz CT molecular complexity index is 350. The first-order valence-corrected chi connectivity index (χ1v) is 8.84. The van der Waals surface area contributed by atoms with Gasteiger partial charge in [0, 0.05) is 5.92 Å². The Labute approximate surface area is 117 Å². The van der Waals surface area contributed by atoms with Crippen molar-refractivity contribution in [3.63, 3.8) is 0 Å². The Morgan fingerprint density at radius 2 is 1.37 bits per heavy atom. The third kappa shape index (κ3) is 1.91. The quantitative estimate of drug-likeness (QED) is 0.636. The molecule has 0 N–H and O–H groups in total.